The van der Waals surface area contributed by atoms with Crippen molar-refractivity contribution in [2.24, 2.45) is 5.41 Å². The molecule has 0 aliphatic heterocycles. The topological polar surface area (TPSA) is 0 Å². The number of allylic oxidation sites excluding steroid dienone is 4. The summed E-state index contributed by atoms with van der Waals surface area (Å²) in [5, 5.41) is 0. The lowest BCUT2D eigenvalue weighted by atomic mass is 9.86. The first kappa shape index (κ1) is 6.47. The van der Waals surface area contributed by atoms with Gasteiger partial charge in [0.1, 0.15) is 0 Å². The van der Waals surface area contributed by atoms with Crippen molar-refractivity contribution in [1.29, 1.82) is 0 Å². The van der Waals surface area contributed by atoms with E-state index < -0.39 is 0 Å². The summed E-state index contributed by atoms with van der Waals surface area (Å²) < 4.78 is 0. The Kier molecular flexibility index (Phi) is 1.40. The molecule has 0 aromatic carbocycles. The molecule has 0 saturated heterocycles. The SMILES string of the molecule is C[C-]1C=CC(C)(C)C=C1. The van der Waals surface area contributed by atoms with Crippen LogP contribution in [-0.2, 0) is 0 Å². The maximum Gasteiger partial charge on any atom is -0.0740 e. The minimum absolute atomic E-state index is 0.277. The molecule has 1 aliphatic carbocycles. The third kappa shape index (κ3) is 1.63. The lowest BCUT2D eigenvalue weighted by Crippen LogP contribution is -2.06. The fourth-order valence-corrected chi connectivity index (χ4v) is 0.804. The fourth-order valence-electron chi connectivity index (χ4n) is 0.804. The predicted octanol–water partition coefficient (Wildman–Crippen LogP) is 2.73. The van der Waals surface area contributed by atoms with Gasteiger partial charge in [-0.2, -0.15) is 30.2 Å². The molecular weight excluding hydrogens is 108 g/mol. The zero-order valence-corrected chi connectivity index (χ0v) is 6.31. The van der Waals surface area contributed by atoms with Gasteiger partial charge >= 0.3 is 0 Å². The molecular formula is C9H13-. The van der Waals surface area contributed by atoms with E-state index in [4.69, 9.17) is 0 Å². The summed E-state index contributed by atoms with van der Waals surface area (Å²) in [7, 11) is 0. The first-order valence-corrected chi connectivity index (χ1v) is 3.32. The van der Waals surface area contributed by atoms with Gasteiger partial charge < -0.3 is 0 Å². The van der Waals surface area contributed by atoms with E-state index in [-0.39, 0.29) is 5.41 Å². The molecule has 0 radical (unpaired) electrons. The van der Waals surface area contributed by atoms with Crippen molar-refractivity contribution in [3.8, 4) is 0 Å². The van der Waals surface area contributed by atoms with Crippen molar-refractivity contribution < 1.29 is 0 Å². The van der Waals surface area contributed by atoms with Crippen molar-refractivity contribution in [3.63, 3.8) is 0 Å². The van der Waals surface area contributed by atoms with Crippen LogP contribution in [0.4, 0.5) is 0 Å². The molecule has 0 atom stereocenters. The highest BCUT2D eigenvalue weighted by molar-refractivity contribution is 5.29. The Hall–Kier alpha value is -0.650. The molecule has 0 amide bonds. The normalized spacial score (nSPS) is 22.8. The fraction of sp³-hybridized carbons (Fsp3) is 0.444. The third-order valence-electron chi connectivity index (χ3n) is 1.55. The summed E-state index contributed by atoms with van der Waals surface area (Å²) >= 11 is 0. The highest BCUT2D eigenvalue weighted by Gasteiger charge is 2.03. The van der Waals surface area contributed by atoms with Gasteiger partial charge in [0.2, 0.25) is 0 Å². The summed E-state index contributed by atoms with van der Waals surface area (Å²) in [4.78, 5) is 0. The van der Waals surface area contributed by atoms with Gasteiger partial charge in [0, 0.05) is 0 Å². The molecule has 1 aliphatic rings. The van der Waals surface area contributed by atoms with Crippen molar-refractivity contribution >= 4 is 0 Å². The number of hydrogen-bond donors (Lipinski definition) is 0. The molecule has 1 rings (SSSR count). The molecule has 0 heterocycles. The average molecular weight is 121 g/mol. The zero-order valence-electron chi connectivity index (χ0n) is 6.31. The van der Waals surface area contributed by atoms with Crippen molar-refractivity contribution in [2.45, 2.75) is 20.8 Å². The number of rotatable bonds is 0. The summed E-state index contributed by atoms with van der Waals surface area (Å²) in [6, 6.07) is 0. The summed E-state index contributed by atoms with van der Waals surface area (Å²) in [5.74, 6) is 1.34. The van der Waals surface area contributed by atoms with Crippen LogP contribution in [0.2, 0.25) is 0 Å². The predicted molar refractivity (Wildman–Crippen MR) is 41.0 cm³/mol. The minimum Gasteiger partial charge on any atom is -0.181 e. The van der Waals surface area contributed by atoms with Crippen LogP contribution >= 0.6 is 0 Å². The standard InChI is InChI=1S/C9H13/c1-8-4-6-9(2,3)7-5-8/h4-7H,1-3H3/q-1. The van der Waals surface area contributed by atoms with E-state index in [0.29, 0.717) is 0 Å². The second kappa shape index (κ2) is 1.94. The van der Waals surface area contributed by atoms with E-state index in [1.807, 2.05) is 0 Å². The smallest absolute Gasteiger partial charge is 0.0740 e. The summed E-state index contributed by atoms with van der Waals surface area (Å²) in [6.45, 7) is 6.52. The van der Waals surface area contributed by atoms with Crippen LogP contribution in [0.5, 0.6) is 0 Å². The van der Waals surface area contributed by atoms with Gasteiger partial charge in [-0.05, 0) is 0 Å². The third-order valence-corrected chi connectivity index (χ3v) is 1.55. The van der Waals surface area contributed by atoms with Gasteiger partial charge in [0.25, 0.3) is 0 Å². The molecule has 0 nitrogen and oxygen atoms in total. The second-order valence-corrected chi connectivity index (χ2v) is 3.23. The van der Waals surface area contributed by atoms with Crippen LogP contribution in [0.1, 0.15) is 20.8 Å². The van der Waals surface area contributed by atoms with Gasteiger partial charge in [-0.3, -0.25) is 0 Å². The Morgan fingerprint density at radius 3 is 1.89 bits per heavy atom. The number of hydrogen-bond acceptors (Lipinski definition) is 0. The Labute approximate surface area is 57.3 Å². The molecule has 0 aromatic rings. The molecule has 0 N–H and O–H groups in total. The first-order chi connectivity index (χ1) is 4.10. The lowest BCUT2D eigenvalue weighted by Gasteiger charge is -2.28. The monoisotopic (exact) mass is 121 g/mol. The van der Waals surface area contributed by atoms with Gasteiger partial charge in [-0.1, -0.05) is 26.2 Å². The minimum atomic E-state index is 0.277. The molecule has 0 spiro atoms. The highest BCUT2D eigenvalue weighted by atomic mass is 14.2. The van der Waals surface area contributed by atoms with Gasteiger partial charge in [0.15, 0.2) is 0 Å². The van der Waals surface area contributed by atoms with Crippen LogP contribution in [0.3, 0.4) is 0 Å². The van der Waals surface area contributed by atoms with E-state index >= 15 is 0 Å². The van der Waals surface area contributed by atoms with Gasteiger partial charge in [0.05, 0.1) is 0 Å². The summed E-state index contributed by atoms with van der Waals surface area (Å²) in [6.07, 6.45) is 8.78. The molecule has 0 bridgehead atoms. The van der Waals surface area contributed by atoms with E-state index in [9.17, 15) is 0 Å². The van der Waals surface area contributed by atoms with Gasteiger partial charge in [-0.15, -0.1) is 0 Å². The molecule has 0 saturated carbocycles. The van der Waals surface area contributed by atoms with Crippen LogP contribution in [-0.4, -0.2) is 0 Å². The summed E-state index contributed by atoms with van der Waals surface area (Å²) in [5.41, 5.74) is 0.277. The lowest BCUT2D eigenvalue weighted by molar-refractivity contribution is 0.617. The van der Waals surface area contributed by atoms with Gasteiger partial charge in [-0.25, -0.2) is 0 Å². The van der Waals surface area contributed by atoms with E-state index in [2.05, 4.69) is 45.1 Å². The maximum absolute atomic E-state index is 2.22. The zero-order chi connectivity index (χ0) is 6.91. The van der Waals surface area contributed by atoms with E-state index in [1.54, 1.807) is 0 Å². The Morgan fingerprint density at radius 2 is 1.56 bits per heavy atom. The Bertz CT molecular complexity index is 133. The van der Waals surface area contributed by atoms with E-state index in [1.165, 1.54) is 5.92 Å². The molecule has 0 fully saturated rings. The van der Waals surface area contributed by atoms with Crippen molar-refractivity contribution in [1.82, 2.24) is 0 Å². The van der Waals surface area contributed by atoms with Crippen LogP contribution < -0.4 is 0 Å². The van der Waals surface area contributed by atoms with Crippen LogP contribution in [0.25, 0.3) is 0 Å². The molecule has 0 unspecified atom stereocenters. The van der Waals surface area contributed by atoms with Crippen LogP contribution in [0.15, 0.2) is 24.3 Å². The largest absolute Gasteiger partial charge is 0.181 e. The Morgan fingerprint density at radius 1 is 1.11 bits per heavy atom. The van der Waals surface area contributed by atoms with Crippen molar-refractivity contribution in [2.75, 3.05) is 0 Å². The second-order valence-electron chi connectivity index (χ2n) is 3.23. The average Bonchev–Trinajstić information content (AvgIpc) is 1.78. The first-order valence-electron chi connectivity index (χ1n) is 3.32. The van der Waals surface area contributed by atoms with Crippen LogP contribution in [0, 0.1) is 11.3 Å². The maximum atomic E-state index is 2.22. The molecule has 50 valence electrons. The van der Waals surface area contributed by atoms with Crippen molar-refractivity contribution in [3.05, 3.63) is 30.2 Å². The molecule has 9 heavy (non-hydrogen) atoms. The molecule has 0 heteroatoms. The highest BCUT2D eigenvalue weighted by Crippen LogP contribution is 2.25. The Balaban J connectivity index is 2.70. The quantitative estimate of drug-likeness (QED) is 0.432. The van der Waals surface area contributed by atoms with E-state index in [0.717, 1.165) is 0 Å². The molecule has 0 aromatic heterocycles.